The molecule has 1 atom stereocenters. The number of hydrogen-bond acceptors (Lipinski definition) is 3. The molecule has 0 N–H and O–H groups in total. The molecule has 1 aromatic carbocycles. The fourth-order valence-corrected chi connectivity index (χ4v) is 1.24. The highest BCUT2D eigenvalue weighted by Gasteiger charge is 2.25. The Bertz CT molecular complexity index is 364. The van der Waals surface area contributed by atoms with Gasteiger partial charge in [-0.3, -0.25) is 0 Å². The molecule has 0 aromatic heterocycles. The lowest BCUT2D eigenvalue weighted by Gasteiger charge is -2.03. The van der Waals surface area contributed by atoms with Gasteiger partial charge in [-0.25, -0.2) is 0 Å². The predicted octanol–water partition coefficient (Wildman–Crippen LogP) is 1.64. The van der Waals surface area contributed by atoms with Gasteiger partial charge in [-0.2, -0.15) is 5.26 Å². The molecular weight excluding hydrogens is 166 g/mol. The van der Waals surface area contributed by atoms with Crippen LogP contribution in [-0.4, -0.2) is 13.7 Å². The Labute approximate surface area is 76.5 Å². The van der Waals surface area contributed by atoms with E-state index in [2.05, 4.69) is 6.07 Å². The normalized spacial score (nSPS) is 19.2. The van der Waals surface area contributed by atoms with Gasteiger partial charge in [0.2, 0.25) is 0 Å². The van der Waals surface area contributed by atoms with Crippen LogP contribution in [0.1, 0.15) is 17.2 Å². The van der Waals surface area contributed by atoms with Crippen LogP contribution >= 0.6 is 0 Å². The maximum absolute atomic E-state index is 8.73. The molecule has 0 unspecified atom stereocenters. The monoisotopic (exact) mass is 175 g/mol. The number of hydrogen-bond donors (Lipinski definition) is 0. The summed E-state index contributed by atoms with van der Waals surface area (Å²) in [6.45, 7) is 0.773. The fourth-order valence-electron chi connectivity index (χ4n) is 1.24. The zero-order valence-corrected chi connectivity index (χ0v) is 7.28. The number of nitriles is 1. The summed E-state index contributed by atoms with van der Waals surface area (Å²) in [4.78, 5) is 0. The minimum atomic E-state index is 0.210. The summed E-state index contributed by atoms with van der Waals surface area (Å²) in [6.07, 6.45) is 0.210. The van der Waals surface area contributed by atoms with Gasteiger partial charge in [0.25, 0.3) is 0 Å². The number of ether oxygens (including phenoxy) is 2. The van der Waals surface area contributed by atoms with E-state index in [1.54, 1.807) is 13.2 Å². The van der Waals surface area contributed by atoms with Crippen LogP contribution < -0.4 is 4.74 Å². The van der Waals surface area contributed by atoms with Crippen molar-refractivity contribution < 1.29 is 9.47 Å². The maximum atomic E-state index is 8.73. The van der Waals surface area contributed by atoms with Gasteiger partial charge in [-0.15, -0.1) is 0 Å². The quantitative estimate of drug-likeness (QED) is 0.642. The second-order valence-corrected chi connectivity index (χ2v) is 2.89. The molecule has 1 saturated heterocycles. The van der Waals surface area contributed by atoms with E-state index in [9.17, 15) is 0 Å². The van der Waals surface area contributed by atoms with Gasteiger partial charge >= 0.3 is 0 Å². The molecule has 3 nitrogen and oxygen atoms in total. The third-order valence-corrected chi connectivity index (χ3v) is 2.05. The van der Waals surface area contributed by atoms with Crippen LogP contribution in [-0.2, 0) is 4.74 Å². The molecule has 1 aliphatic heterocycles. The summed E-state index contributed by atoms with van der Waals surface area (Å²) in [5.41, 5.74) is 1.64. The van der Waals surface area contributed by atoms with Crippen LogP contribution in [0.3, 0.4) is 0 Å². The fraction of sp³-hybridized carbons (Fsp3) is 0.300. The second-order valence-electron chi connectivity index (χ2n) is 2.89. The third kappa shape index (κ3) is 1.49. The highest BCUT2D eigenvalue weighted by atomic mass is 16.6. The van der Waals surface area contributed by atoms with Crippen LogP contribution in [0.5, 0.6) is 5.75 Å². The maximum Gasteiger partial charge on any atom is 0.136 e. The number of epoxide rings is 1. The Morgan fingerprint density at radius 3 is 2.92 bits per heavy atom. The molecule has 13 heavy (non-hydrogen) atoms. The molecule has 3 heteroatoms. The lowest BCUT2D eigenvalue weighted by atomic mass is 10.1. The standard InChI is InChI=1S/C10H9NO2/c1-12-9-4-7(10-6-13-10)2-3-8(9)5-11/h2-4,10H,6H2,1H3/t10-/m1/s1. The van der Waals surface area contributed by atoms with E-state index in [1.807, 2.05) is 12.1 Å². The second kappa shape index (κ2) is 3.08. The van der Waals surface area contributed by atoms with Gasteiger partial charge in [0.1, 0.15) is 17.9 Å². The number of nitrogens with zero attached hydrogens (tertiary/aromatic N) is 1. The molecule has 0 spiro atoms. The van der Waals surface area contributed by atoms with Crippen LogP contribution in [0.4, 0.5) is 0 Å². The van der Waals surface area contributed by atoms with Gasteiger partial charge in [-0.1, -0.05) is 6.07 Å². The minimum absolute atomic E-state index is 0.210. The number of benzene rings is 1. The average Bonchev–Trinajstić information content (AvgIpc) is 3.00. The van der Waals surface area contributed by atoms with E-state index in [1.165, 1.54) is 0 Å². The van der Waals surface area contributed by atoms with Crippen molar-refractivity contribution >= 4 is 0 Å². The Kier molecular flexibility index (Phi) is 1.91. The Balaban J connectivity index is 2.38. The first-order valence-corrected chi connectivity index (χ1v) is 4.05. The highest BCUT2D eigenvalue weighted by Crippen LogP contribution is 2.32. The molecule has 0 amide bonds. The molecule has 1 heterocycles. The summed E-state index contributed by atoms with van der Waals surface area (Å²) in [5.74, 6) is 0.621. The van der Waals surface area contributed by atoms with E-state index in [0.717, 1.165) is 12.2 Å². The molecular formula is C10H9NO2. The third-order valence-electron chi connectivity index (χ3n) is 2.05. The van der Waals surface area contributed by atoms with Crippen molar-refractivity contribution in [3.8, 4) is 11.8 Å². The van der Waals surface area contributed by atoms with Crippen molar-refractivity contribution in [3.63, 3.8) is 0 Å². The summed E-state index contributed by atoms with van der Waals surface area (Å²) >= 11 is 0. The molecule has 0 radical (unpaired) electrons. The van der Waals surface area contributed by atoms with E-state index >= 15 is 0 Å². The van der Waals surface area contributed by atoms with Gasteiger partial charge in [-0.05, 0) is 17.7 Å². The van der Waals surface area contributed by atoms with E-state index in [0.29, 0.717) is 11.3 Å². The van der Waals surface area contributed by atoms with Gasteiger partial charge in [0.05, 0.1) is 19.3 Å². The van der Waals surface area contributed by atoms with E-state index < -0.39 is 0 Å². The van der Waals surface area contributed by atoms with Crippen molar-refractivity contribution in [2.45, 2.75) is 6.10 Å². The molecule has 66 valence electrons. The molecule has 2 rings (SSSR count). The summed E-state index contributed by atoms with van der Waals surface area (Å²) in [6, 6.07) is 7.59. The highest BCUT2D eigenvalue weighted by molar-refractivity contribution is 5.46. The average molecular weight is 175 g/mol. The molecule has 1 aromatic rings. The molecule has 1 aliphatic rings. The van der Waals surface area contributed by atoms with Crippen LogP contribution in [0, 0.1) is 11.3 Å². The van der Waals surface area contributed by atoms with Crippen molar-refractivity contribution in [1.29, 1.82) is 5.26 Å². The largest absolute Gasteiger partial charge is 0.495 e. The summed E-state index contributed by atoms with van der Waals surface area (Å²) in [7, 11) is 1.56. The number of rotatable bonds is 2. The van der Waals surface area contributed by atoms with Crippen molar-refractivity contribution in [1.82, 2.24) is 0 Å². The van der Waals surface area contributed by atoms with E-state index in [4.69, 9.17) is 14.7 Å². The van der Waals surface area contributed by atoms with Crippen molar-refractivity contribution in [2.24, 2.45) is 0 Å². The Hall–Kier alpha value is -1.53. The number of methoxy groups -OCH3 is 1. The van der Waals surface area contributed by atoms with Gasteiger partial charge in [0.15, 0.2) is 0 Å². The van der Waals surface area contributed by atoms with E-state index in [-0.39, 0.29) is 6.10 Å². The first-order valence-electron chi connectivity index (χ1n) is 4.05. The smallest absolute Gasteiger partial charge is 0.136 e. The first-order chi connectivity index (χ1) is 6.35. The zero-order chi connectivity index (χ0) is 9.26. The van der Waals surface area contributed by atoms with Crippen LogP contribution in [0.25, 0.3) is 0 Å². The SMILES string of the molecule is COc1cc([C@H]2CO2)ccc1C#N. The molecule has 0 bridgehead atoms. The zero-order valence-electron chi connectivity index (χ0n) is 7.28. The Morgan fingerprint density at radius 1 is 1.62 bits per heavy atom. The molecule has 0 saturated carbocycles. The molecule has 1 fully saturated rings. The minimum Gasteiger partial charge on any atom is -0.495 e. The molecule has 0 aliphatic carbocycles. The van der Waals surface area contributed by atoms with Gasteiger partial charge in [0, 0.05) is 0 Å². The summed E-state index contributed by atoms with van der Waals surface area (Å²) < 4.78 is 10.2. The van der Waals surface area contributed by atoms with Crippen molar-refractivity contribution in [2.75, 3.05) is 13.7 Å². The van der Waals surface area contributed by atoms with Crippen LogP contribution in [0.2, 0.25) is 0 Å². The van der Waals surface area contributed by atoms with Gasteiger partial charge < -0.3 is 9.47 Å². The Morgan fingerprint density at radius 2 is 2.38 bits per heavy atom. The first kappa shape index (κ1) is 8.09. The van der Waals surface area contributed by atoms with Crippen molar-refractivity contribution in [3.05, 3.63) is 29.3 Å². The topological polar surface area (TPSA) is 45.5 Å². The predicted molar refractivity (Wildman–Crippen MR) is 46.4 cm³/mol. The summed E-state index contributed by atoms with van der Waals surface area (Å²) in [5, 5.41) is 8.73. The lowest BCUT2D eigenvalue weighted by Crippen LogP contribution is -1.90. The lowest BCUT2D eigenvalue weighted by molar-refractivity contribution is 0.404. The van der Waals surface area contributed by atoms with Crippen LogP contribution in [0.15, 0.2) is 18.2 Å².